The van der Waals surface area contributed by atoms with Crippen LogP contribution in [0.25, 0.3) is 0 Å². The fourth-order valence-electron chi connectivity index (χ4n) is 2.93. The monoisotopic (exact) mass is 239 g/mol. The lowest BCUT2D eigenvalue weighted by Crippen LogP contribution is -2.49. The van der Waals surface area contributed by atoms with Gasteiger partial charge in [-0.05, 0) is 32.2 Å². The molecule has 2 fully saturated rings. The van der Waals surface area contributed by atoms with Gasteiger partial charge >= 0.3 is 0 Å². The van der Waals surface area contributed by atoms with Gasteiger partial charge in [0.15, 0.2) is 0 Å². The Kier molecular flexibility index (Phi) is 4.40. The zero-order valence-corrected chi connectivity index (χ0v) is 11.0. The highest BCUT2D eigenvalue weighted by Gasteiger charge is 2.31. The van der Waals surface area contributed by atoms with E-state index < -0.39 is 0 Å². The van der Waals surface area contributed by atoms with Gasteiger partial charge in [0.05, 0.1) is 6.54 Å². The Morgan fingerprint density at radius 2 is 2.18 bits per heavy atom. The van der Waals surface area contributed by atoms with Crippen molar-refractivity contribution in [1.29, 1.82) is 0 Å². The molecule has 0 aromatic heterocycles. The van der Waals surface area contributed by atoms with Crippen LogP contribution in [0.4, 0.5) is 0 Å². The number of fused-ring (bicyclic) bond motifs is 1. The molecule has 17 heavy (non-hydrogen) atoms. The first-order valence-electron chi connectivity index (χ1n) is 6.92. The summed E-state index contributed by atoms with van der Waals surface area (Å²) in [6.07, 6.45) is 4.91. The molecule has 0 aromatic carbocycles. The highest BCUT2D eigenvalue weighted by atomic mass is 16.2. The van der Waals surface area contributed by atoms with Gasteiger partial charge in [-0.25, -0.2) is 0 Å². The Bertz CT molecular complexity index is 267. The summed E-state index contributed by atoms with van der Waals surface area (Å²) in [4.78, 5) is 14.3. The van der Waals surface area contributed by atoms with Gasteiger partial charge in [0.2, 0.25) is 5.91 Å². The molecule has 2 unspecified atom stereocenters. The first-order chi connectivity index (χ1) is 8.15. The molecule has 0 bridgehead atoms. The van der Waals surface area contributed by atoms with Crippen LogP contribution in [0, 0.1) is 0 Å². The van der Waals surface area contributed by atoms with E-state index in [1.807, 2.05) is 0 Å². The third-order valence-electron chi connectivity index (χ3n) is 3.86. The minimum absolute atomic E-state index is 0.148. The quantitative estimate of drug-likeness (QED) is 0.760. The summed E-state index contributed by atoms with van der Waals surface area (Å²) in [5, 5.41) is 6.32. The normalized spacial score (nSPS) is 29.4. The van der Waals surface area contributed by atoms with Gasteiger partial charge in [-0.15, -0.1) is 0 Å². The van der Waals surface area contributed by atoms with Crippen LogP contribution in [0.15, 0.2) is 0 Å². The molecule has 0 radical (unpaired) electrons. The van der Waals surface area contributed by atoms with Crippen LogP contribution in [0.1, 0.15) is 39.5 Å². The van der Waals surface area contributed by atoms with E-state index in [2.05, 4.69) is 29.4 Å². The standard InChI is InChI=1S/C13H25N3O/c1-10(2)14-9-13(17)15-11-5-7-16-6-3-4-12(16)8-11/h10-12,14H,3-9H2,1-2H3,(H,15,17). The molecule has 4 nitrogen and oxygen atoms in total. The highest BCUT2D eigenvalue weighted by Crippen LogP contribution is 2.26. The zero-order chi connectivity index (χ0) is 12.3. The molecule has 0 aliphatic carbocycles. The van der Waals surface area contributed by atoms with Crippen molar-refractivity contribution in [3.05, 3.63) is 0 Å². The molecule has 4 heteroatoms. The maximum Gasteiger partial charge on any atom is 0.234 e. The third kappa shape index (κ3) is 3.68. The van der Waals surface area contributed by atoms with Crippen LogP contribution in [-0.4, -0.2) is 48.6 Å². The number of rotatable bonds is 4. The van der Waals surface area contributed by atoms with Crippen LogP contribution >= 0.6 is 0 Å². The molecule has 0 spiro atoms. The topological polar surface area (TPSA) is 44.4 Å². The summed E-state index contributed by atoms with van der Waals surface area (Å²) >= 11 is 0. The van der Waals surface area contributed by atoms with Gasteiger partial charge in [0.25, 0.3) is 0 Å². The molecule has 0 saturated carbocycles. The molecule has 2 saturated heterocycles. The second-order valence-corrected chi connectivity index (χ2v) is 5.66. The minimum Gasteiger partial charge on any atom is -0.352 e. The van der Waals surface area contributed by atoms with Crippen LogP contribution in [0.2, 0.25) is 0 Å². The number of carbonyl (C=O) groups excluding carboxylic acids is 1. The molecular weight excluding hydrogens is 214 g/mol. The number of nitrogens with zero attached hydrogens (tertiary/aromatic N) is 1. The minimum atomic E-state index is 0.148. The van der Waals surface area contributed by atoms with E-state index in [0.29, 0.717) is 18.6 Å². The fraction of sp³-hybridized carbons (Fsp3) is 0.923. The number of hydrogen-bond acceptors (Lipinski definition) is 3. The van der Waals surface area contributed by atoms with E-state index in [1.165, 1.54) is 19.4 Å². The average molecular weight is 239 g/mol. The lowest BCUT2D eigenvalue weighted by atomic mass is 9.97. The van der Waals surface area contributed by atoms with Crippen molar-refractivity contribution in [3.63, 3.8) is 0 Å². The van der Waals surface area contributed by atoms with E-state index >= 15 is 0 Å². The Morgan fingerprint density at radius 1 is 1.35 bits per heavy atom. The van der Waals surface area contributed by atoms with Gasteiger partial charge in [-0.1, -0.05) is 13.8 Å². The Morgan fingerprint density at radius 3 is 2.94 bits per heavy atom. The Labute approximate surface area is 104 Å². The van der Waals surface area contributed by atoms with Crippen molar-refractivity contribution < 1.29 is 4.79 Å². The molecule has 98 valence electrons. The summed E-state index contributed by atoms with van der Waals surface area (Å²) in [6, 6.07) is 1.50. The lowest BCUT2D eigenvalue weighted by Gasteiger charge is -2.35. The molecule has 2 atom stereocenters. The SMILES string of the molecule is CC(C)NCC(=O)NC1CCN2CCCC2C1. The van der Waals surface area contributed by atoms with Gasteiger partial charge < -0.3 is 15.5 Å². The van der Waals surface area contributed by atoms with Crippen molar-refractivity contribution in [2.75, 3.05) is 19.6 Å². The largest absolute Gasteiger partial charge is 0.352 e. The second-order valence-electron chi connectivity index (χ2n) is 5.66. The number of piperidine rings is 1. The van der Waals surface area contributed by atoms with Gasteiger partial charge in [0.1, 0.15) is 0 Å². The van der Waals surface area contributed by atoms with Crippen LogP contribution in [0.5, 0.6) is 0 Å². The molecule has 2 aliphatic heterocycles. The maximum absolute atomic E-state index is 11.7. The first-order valence-corrected chi connectivity index (χ1v) is 6.92. The molecule has 2 N–H and O–H groups in total. The van der Waals surface area contributed by atoms with Crippen molar-refractivity contribution in [3.8, 4) is 0 Å². The second kappa shape index (κ2) is 5.83. The van der Waals surface area contributed by atoms with E-state index in [1.54, 1.807) is 0 Å². The van der Waals surface area contributed by atoms with Crippen LogP contribution in [-0.2, 0) is 4.79 Å². The van der Waals surface area contributed by atoms with Gasteiger partial charge in [-0.3, -0.25) is 4.79 Å². The van der Waals surface area contributed by atoms with Gasteiger partial charge in [0, 0.05) is 24.7 Å². The van der Waals surface area contributed by atoms with E-state index in [-0.39, 0.29) is 5.91 Å². The van der Waals surface area contributed by atoms with Crippen molar-refractivity contribution in [2.45, 2.75) is 57.7 Å². The van der Waals surface area contributed by atoms with Crippen LogP contribution < -0.4 is 10.6 Å². The molecule has 0 aromatic rings. The number of amides is 1. The molecule has 2 heterocycles. The fourth-order valence-corrected chi connectivity index (χ4v) is 2.93. The summed E-state index contributed by atoms with van der Waals surface area (Å²) in [6.45, 7) is 6.99. The maximum atomic E-state index is 11.7. The Balaban J connectivity index is 1.70. The summed E-state index contributed by atoms with van der Waals surface area (Å²) in [7, 11) is 0. The Hall–Kier alpha value is -0.610. The number of carbonyl (C=O) groups is 1. The first kappa shape index (κ1) is 12.8. The summed E-state index contributed by atoms with van der Waals surface area (Å²) in [5.41, 5.74) is 0. The molecule has 2 rings (SSSR count). The van der Waals surface area contributed by atoms with Crippen molar-refractivity contribution in [1.82, 2.24) is 15.5 Å². The zero-order valence-electron chi connectivity index (χ0n) is 11.0. The van der Waals surface area contributed by atoms with E-state index in [9.17, 15) is 4.79 Å². The number of hydrogen-bond donors (Lipinski definition) is 2. The smallest absolute Gasteiger partial charge is 0.234 e. The summed E-state index contributed by atoms with van der Waals surface area (Å²) in [5.74, 6) is 0.148. The third-order valence-corrected chi connectivity index (χ3v) is 3.86. The molecule has 2 aliphatic rings. The van der Waals surface area contributed by atoms with Crippen LogP contribution in [0.3, 0.4) is 0 Å². The molecule has 1 amide bonds. The van der Waals surface area contributed by atoms with E-state index in [0.717, 1.165) is 25.4 Å². The summed E-state index contributed by atoms with van der Waals surface area (Å²) < 4.78 is 0. The van der Waals surface area contributed by atoms with Crippen molar-refractivity contribution >= 4 is 5.91 Å². The molecular formula is C13H25N3O. The van der Waals surface area contributed by atoms with Gasteiger partial charge in [-0.2, -0.15) is 0 Å². The highest BCUT2D eigenvalue weighted by molar-refractivity contribution is 5.78. The lowest BCUT2D eigenvalue weighted by molar-refractivity contribution is -0.121. The average Bonchev–Trinajstić information content (AvgIpc) is 2.73. The van der Waals surface area contributed by atoms with Crippen molar-refractivity contribution in [2.24, 2.45) is 0 Å². The predicted molar refractivity (Wildman–Crippen MR) is 68.9 cm³/mol. The van der Waals surface area contributed by atoms with E-state index in [4.69, 9.17) is 0 Å². The predicted octanol–water partition coefficient (Wildman–Crippen LogP) is 0.727. The number of nitrogens with one attached hydrogen (secondary N) is 2.